The number of thiazole rings is 1. The van der Waals surface area contributed by atoms with E-state index in [0.717, 1.165) is 0 Å². The third kappa shape index (κ3) is 3.40. The first-order valence-corrected chi connectivity index (χ1v) is 6.52. The highest BCUT2D eigenvalue weighted by Gasteiger charge is 2.16. The molecule has 0 spiro atoms. The van der Waals surface area contributed by atoms with E-state index in [2.05, 4.69) is 10.3 Å². The van der Waals surface area contributed by atoms with E-state index >= 15 is 0 Å². The number of methoxy groups -OCH3 is 1. The molecule has 0 aromatic carbocycles. The van der Waals surface area contributed by atoms with Crippen LogP contribution < -0.4 is 5.32 Å². The van der Waals surface area contributed by atoms with Crippen LogP contribution in [0.25, 0.3) is 10.8 Å². The first-order valence-electron chi connectivity index (χ1n) is 5.64. The molecule has 0 radical (unpaired) electrons. The lowest BCUT2D eigenvalue weighted by molar-refractivity contribution is 0.0836. The lowest BCUT2D eigenvalue weighted by Crippen LogP contribution is -2.40. The number of furan rings is 1. The van der Waals surface area contributed by atoms with Crippen LogP contribution in [0.2, 0.25) is 0 Å². The SMILES string of the molecule is COCC(CO)NC(=O)c1csc(-c2ccco2)n1. The zero-order valence-electron chi connectivity index (χ0n) is 10.3. The number of hydrogen-bond acceptors (Lipinski definition) is 6. The van der Waals surface area contributed by atoms with E-state index < -0.39 is 6.04 Å². The largest absolute Gasteiger partial charge is 0.462 e. The van der Waals surface area contributed by atoms with Crippen molar-refractivity contribution in [1.82, 2.24) is 10.3 Å². The molecule has 19 heavy (non-hydrogen) atoms. The van der Waals surface area contributed by atoms with Gasteiger partial charge in [-0.25, -0.2) is 4.98 Å². The van der Waals surface area contributed by atoms with Gasteiger partial charge in [-0.05, 0) is 12.1 Å². The molecule has 0 saturated heterocycles. The number of ether oxygens (including phenoxy) is 1. The number of carbonyl (C=O) groups is 1. The minimum Gasteiger partial charge on any atom is -0.462 e. The molecule has 102 valence electrons. The second-order valence-electron chi connectivity index (χ2n) is 3.82. The van der Waals surface area contributed by atoms with Crippen molar-refractivity contribution >= 4 is 17.2 Å². The fraction of sp³-hybridized carbons (Fsp3) is 0.333. The summed E-state index contributed by atoms with van der Waals surface area (Å²) in [5.41, 5.74) is 0.297. The van der Waals surface area contributed by atoms with Crippen molar-refractivity contribution in [3.63, 3.8) is 0 Å². The molecule has 0 bridgehead atoms. The summed E-state index contributed by atoms with van der Waals surface area (Å²) in [7, 11) is 1.51. The van der Waals surface area contributed by atoms with Crippen LogP contribution in [0.1, 0.15) is 10.5 Å². The maximum atomic E-state index is 11.9. The van der Waals surface area contributed by atoms with Crippen molar-refractivity contribution in [1.29, 1.82) is 0 Å². The average Bonchev–Trinajstić information content (AvgIpc) is 3.08. The van der Waals surface area contributed by atoms with Gasteiger partial charge in [-0.2, -0.15) is 0 Å². The van der Waals surface area contributed by atoms with E-state index in [1.165, 1.54) is 18.4 Å². The third-order valence-electron chi connectivity index (χ3n) is 2.39. The number of aliphatic hydroxyl groups excluding tert-OH is 1. The molecule has 0 fully saturated rings. The van der Waals surface area contributed by atoms with E-state index in [1.54, 1.807) is 23.8 Å². The summed E-state index contributed by atoms with van der Waals surface area (Å²) >= 11 is 1.32. The number of hydrogen-bond donors (Lipinski definition) is 2. The standard InChI is InChI=1S/C12H14N2O4S/c1-17-6-8(5-15)13-11(16)9-7-19-12(14-9)10-3-2-4-18-10/h2-4,7-8,15H,5-6H2,1H3,(H,13,16). The Labute approximate surface area is 114 Å². The Hall–Kier alpha value is -1.70. The number of amides is 1. The Morgan fingerprint density at radius 2 is 2.53 bits per heavy atom. The van der Waals surface area contributed by atoms with Crippen LogP contribution in [0.4, 0.5) is 0 Å². The summed E-state index contributed by atoms with van der Waals surface area (Å²) in [6.07, 6.45) is 1.55. The van der Waals surface area contributed by atoms with Gasteiger partial charge in [0.1, 0.15) is 5.69 Å². The molecule has 7 heteroatoms. The molecule has 0 aliphatic heterocycles. The van der Waals surface area contributed by atoms with Crippen LogP contribution in [-0.2, 0) is 4.74 Å². The van der Waals surface area contributed by atoms with Crippen LogP contribution in [0, 0.1) is 0 Å². The number of aromatic nitrogens is 1. The van der Waals surface area contributed by atoms with Crippen molar-refractivity contribution in [2.45, 2.75) is 6.04 Å². The molecule has 2 aromatic rings. The summed E-state index contributed by atoms with van der Waals surface area (Å²) in [6.45, 7) is 0.0617. The molecule has 2 N–H and O–H groups in total. The molecule has 1 unspecified atom stereocenters. The third-order valence-corrected chi connectivity index (χ3v) is 3.25. The number of nitrogens with one attached hydrogen (secondary N) is 1. The Kier molecular flexibility index (Phi) is 4.67. The molecule has 0 saturated carbocycles. The van der Waals surface area contributed by atoms with Crippen molar-refractivity contribution in [2.75, 3.05) is 20.3 Å². The first kappa shape index (κ1) is 13.7. The van der Waals surface area contributed by atoms with E-state index in [-0.39, 0.29) is 19.1 Å². The Bertz CT molecular complexity index is 524. The number of aliphatic hydroxyl groups is 1. The van der Waals surface area contributed by atoms with E-state index in [0.29, 0.717) is 16.5 Å². The zero-order valence-corrected chi connectivity index (χ0v) is 11.1. The molecule has 2 rings (SSSR count). The van der Waals surface area contributed by atoms with Crippen LogP contribution in [-0.4, -0.2) is 42.4 Å². The fourth-order valence-electron chi connectivity index (χ4n) is 1.49. The minimum atomic E-state index is -0.439. The highest BCUT2D eigenvalue weighted by atomic mass is 32.1. The summed E-state index contributed by atoms with van der Waals surface area (Å²) in [5.74, 6) is 0.282. The van der Waals surface area contributed by atoms with Gasteiger partial charge in [-0.1, -0.05) is 0 Å². The average molecular weight is 282 g/mol. The number of rotatable bonds is 6. The Morgan fingerprint density at radius 3 is 3.16 bits per heavy atom. The van der Waals surface area contributed by atoms with E-state index in [9.17, 15) is 4.79 Å². The van der Waals surface area contributed by atoms with Crippen molar-refractivity contribution < 1.29 is 19.1 Å². The molecular weight excluding hydrogens is 268 g/mol. The topological polar surface area (TPSA) is 84.6 Å². The predicted octanol–water partition coefficient (Wildman–Crippen LogP) is 1.14. The van der Waals surface area contributed by atoms with Gasteiger partial charge >= 0.3 is 0 Å². The first-order chi connectivity index (χ1) is 9.24. The zero-order chi connectivity index (χ0) is 13.7. The van der Waals surface area contributed by atoms with Gasteiger partial charge in [-0.15, -0.1) is 11.3 Å². The van der Waals surface area contributed by atoms with Crippen molar-refractivity contribution in [3.05, 3.63) is 29.5 Å². The van der Waals surface area contributed by atoms with Crippen LogP contribution in [0.15, 0.2) is 28.2 Å². The van der Waals surface area contributed by atoms with Crippen molar-refractivity contribution in [3.8, 4) is 10.8 Å². The van der Waals surface area contributed by atoms with Gasteiger partial charge in [0, 0.05) is 12.5 Å². The van der Waals surface area contributed by atoms with Gasteiger partial charge < -0.3 is 19.6 Å². The number of carbonyl (C=O) groups excluding carboxylic acids is 1. The minimum absolute atomic E-state index is 0.186. The number of nitrogens with zero attached hydrogens (tertiary/aromatic N) is 1. The monoisotopic (exact) mass is 282 g/mol. The molecule has 1 amide bonds. The van der Waals surface area contributed by atoms with Crippen molar-refractivity contribution in [2.24, 2.45) is 0 Å². The van der Waals surface area contributed by atoms with E-state index in [1.807, 2.05) is 0 Å². The van der Waals surface area contributed by atoms with Gasteiger partial charge in [-0.3, -0.25) is 4.79 Å². The molecule has 0 aliphatic carbocycles. The second-order valence-corrected chi connectivity index (χ2v) is 4.68. The normalized spacial score (nSPS) is 12.3. The van der Waals surface area contributed by atoms with Gasteiger partial charge in [0.05, 0.1) is 25.5 Å². The summed E-state index contributed by atoms with van der Waals surface area (Å²) < 4.78 is 10.1. The van der Waals surface area contributed by atoms with Crippen LogP contribution in [0.3, 0.4) is 0 Å². The lowest BCUT2D eigenvalue weighted by atomic mass is 10.3. The summed E-state index contributed by atoms with van der Waals surface area (Å²) in [6, 6.07) is 3.10. The second kappa shape index (κ2) is 6.46. The molecule has 2 aromatic heterocycles. The highest BCUT2D eigenvalue weighted by Crippen LogP contribution is 2.23. The summed E-state index contributed by atoms with van der Waals surface area (Å²) in [4.78, 5) is 16.1. The van der Waals surface area contributed by atoms with Gasteiger partial charge in [0.2, 0.25) is 0 Å². The smallest absolute Gasteiger partial charge is 0.271 e. The molecule has 6 nitrogen and oxygen atoms in total. The fourth-order valence-corrected chi connectivity index (χ4v) is 2.26. The highest BCUT2D eigenvalue weighted by molar-refractivity contribution is 7.13. The molecular formula is C12H14N2O4S. The quantitative estimate of drug-likeness (QED) is 0.830. The molecule has 0 aliphatic rings. The van der Waals surface area contributed by atoms with Gasteiger partial charge in [0.25, 0.3) is 5.91 Å². The lowest BCUT2D eigenvalue weighted by Gasteiger charge is -2.13. The Morgan fingerprint density at radius 1 is 1.68 bits per heavy atom. The molecule has 1 atom stereocenters. The summed E-state index contributed by atoms with van der Waals surface area (Å²) in [5, 5.41) is 14.0. The Balaban J connectivity index is 2.04. The van der Waals surface area contributed by atoms with E-state index in [4.69, 9.17) is 14.3 Å². The predicted molar refractivity (Wildman–Crippen MR) is 70.0 cm³/mol. The van der Waals surface area contributed by atoms with Crippen LogP contribution in [0.5, 0.6) is 0 Å². The van der Waals surface area contributed by atoms with Crippen LogP contribution >= 0.6 is 11.3 Å². The maximum absolute atomic E-state index is 11.9. The maximum Gasteiger partial charge on any atom is 0.271 e. The van der Waals surface area contributed by atoms with Gasteiger partial charge in [0.15, 0.2) is 10.8 Å². The molecule has 2 heterocycles.